The van der Waals surface area contributed by atoms with Gasteiger partial charge in [0.25, 0.3) is 0 Å². The standard InChI is InChI=1S/C19H17NO4S2/c1-22-16-7-13(8-17(9-16)23-2)3-4-18(21)24-10-15-12-26-19(20-15)14-5-6-25-11-14/h3-9,11-12H,10H2,1-2H3/b4-3+. The number of hydrogen-bond donors (Lipinski definition) is 0. The zero-order valence-electron chi connectivity index (χ0n) is 14.3. The molecule has 0 unspecified atom stereocenters. The van der Waals surface area contributed by atoms with E-state index in [4.69, 9.17) is 14.2 Å². The van der Waals surface area contributed by atoms with E-state index in [0.29, 0.717) is 11.5 Å². The van der Waals surface area contributed by atoms with Crippen LogP contribution in [0.4, 0.5) is 0 Å². The zero-order valence-corrected chi connectivity index (χ0v) is 15.9. The fourth-order valence-electron chi connectivity index (χ4n) is 2.18. The lowest BCUT2D eigenvalue weighted by Gasteiger charge is -2.05. The first-order valence-electron chi connectivity index (χ1n) is 7.73. The van der Waals surface area contributed by atoms with Crippen LogP contribution in [-0.2, 0) is 16.1 Å². The number of nitrogens with zero attached hydrogens (tertiary/aromatic N) is 1. The Hall–Kier alpha value is -2.64. The molecule has 5 nitrogen and oxygen atoms in total. The van der Waals surface area contributed by atoms with Gasteiger partial charge >= 0.3 is 5.97 Å². The third kappa shape index (κ3) is 4.71. The number of ether oxygens (including phenoxy) is 3. The van der Waals surface area contributed by atoms with E-state index < -0.39 is 5.97 Å². The Morgan fingerprint density at radius 1 is 1.15 bits per heavy atom. The van der Waals surface area contributed by atoms with Crippen LogP contribution in [0.2, 0.25) is 0 Å². The van der Waals surface area contributed by atoms with Gasteiger partial charge in [-0.15, -0.1) is 11.3 Å². The number of carbonyl (C=O) groups is 1. The zero-order chi connectivity index (χ0) is 18.4. The van der Waals surface area contributed by atoms with E-state index in [1.807, 2.05) is 22.2 Å². The molecule has 0 aliphatic rings. The maximum atomic E-state index is 11.9. The molecular weight excluding hydrogens is 370 g/mol. The number of aromatic nitrogens is 1. The number of hydrogen-bond acceptors (Lipinski definition) is 7. The molecule has 3 rings (SSSR count). The lowest BCUT2D eigenvalue weighted by Crippen LogP contribution is -2.01. The van der Waals surface area contributed by atoms with E-state index in [-0.39, 0.29) is 6.61 Å². The highest BCUT2D eigenvalue weighted by Gasteiger charge is 2.07. The summed E-state index contributed by atoms with van der Waals surface area (Å²) in [5.74, 6) is 0.874. The Kier molecular flexibility index (Phi) is 6.04. The second kappa shape index (κ2) is 8.64. The number of rotatable bonds is 7. The van der Waals surface area contributed by atoms with Gasteiger partial charge in [-0.1, -0.05) is 0 Å². The monoisotopic (exact) mass is 387 g/mol. The van der Waals surface area contributed by atoms with Crippen molar-refractivity contribution in [1.82, 2.24) is 4.98 Å². The maximum absolute atomic E-state index is 11.9. The van der Waals surface area contributed by atoms with Gasteiger partial charge in [-0.3, -0.25) is 0 Å². The SMILES string of the molecule is COc1cc(/C=C/C(=O)OCc2csc(-c3ccsc3)n2)cc(OC)c1. The van der Waals surface area contributed by atoms with Gasteiger partial charge in [-0.05, 0) is 35.2 Å². The van der Waals surface area contributed by atoms with Crippen molar-refractivity contribution in [1.29, 1.82) is 0 Å². The van der Waals surface area contributed by atoms with E-state index in [1.165, 1.54) is 17.4 Å². The molecule has 7 heteroatoms. The van der Waals surface area contributed by atoms with Crippen molar-refractivity contribution in [2.75, 3.05) is 14.2 Å². The largest absolute Gasteiger partial charge is 0.497 e. The molecule has 0 saturated heterocycles. The van der Waals surface area contributed by atoms with Crippen LogP contribution in [0, 0.1) is 0 Å². The van der Waals surface area contributed by atoms with Crippen molar-refractivity contribution >= 4 is 34.7 Å². The van der Waals surface area contributed by atoms with E-state index in [2.05, 4.69) is 4.98 Å². The second-order valence-electron chi connectivity index (χ2n) is 5.24. The highest BCUT2D eigenvalue weighted by molar-refractivity contribution is 7.14. The number of esters is 1. The fraction of sp³-hybridized carbons (Fsp3) is 0.158. The van der Waals surface area contributed by atoms with E-state index in [0.717, 1.165) is 21.8 Å². The average molecular weight is 387 g/mol. The second-order valence-corrected chi connectivity index (χ2v) is 6.88. The van der Waals surface area contributed by atoms with Gasteiger partial charge in [-0.2, -0.15) is 11.3 Å². The molecule has 0 aliphatic heterocycles. The molecule has 2 aromatic heterocycles. The Labute approximate surface area is 159 Å². The number of benzene rings is 1. The molecule has 0 radical (unpaired) electrons. The lowest BCUT2D eigenvalue weighted by molar-refractivity contribution is -0.139. The summed E-state index contributed by atoms with van der Waals surface area (Å²) < 4.78 is 15.7. The van der Waals surface area contributed by atoms with Crippen LogP contribution in [-0.4, -0.2) is 25.2 Å². The van der Waals surface area contributed by atoms with Crippen LogP contribution in [0.15, 0.2) is 46.5 Å². The van der Waals surface area contributed by atoms with Crippen LogP contribution in [0.3, 0.4) is 0 Å². The number of methoxy groups -OCH3 is 2. The Morgan fingerprint density at radius 2 is 1.92 bits per heavy atom. The number of carbonyl (C=O) groups excluding carboxylic acids is 1. The molecular formula is C19H17NO4S2. The van der Waals surface area contributed by atoms with Crippen molar-refractivity contribution in [3.8, 4) is 22.1 Å². The molecule has 0 bridgehead atoms. The van der Waals surface area contributed by atoms with Gasteiger partial charge in [0.1, 0.15) is 23.1 Å². The van der Waals surface area contributed by atoms with Gasteiger partial charge in [0.2, 0.25) is 0 Å². The van der Waals surface area contributed by atoms with Crippen LogP contribution in [0.1, 0.15) is 11.3 Å². The van der Waals surface area contributed by atoms with Gasteiger partial charge in [-0.25, -0.2) is 9.78 Å². The van der Waals surface area contributed by atoms with Gasteiger partial charge in [0.15, 0.2) is 0 Å². The number of thiazole rings is 1. The summed E-state index contributed by atoms with van der Waals surface area (Å²) in [6, 6.07) is 7.40. The molecule has 0 N–H and O–H groups in total. The summed E-state index contributed by atoms with van der Waals surface area (Å²) in [5.41, 5.74) is 2.61. The van der Waals surface area contributed by atoms with Crippen molar-refractivity contribution in [3.63, 3.8) is 0 Å². The average Bonchev–Trinajstić information content (AvgIpc) is 3.35. The predicted molar refractivity (Wildman–Crippen MR) is 104 cm³/mol. The highest BCUT2D eigenvalue weighted by atomic mass is 32.1. The van der Waals surface area contributed by atoms with E-state index in [9.17, 15) is 4.79 Å². The minimum atomic E-state index is -0.433. The molecule has 0 atom stereocenters. The molecule has 3 aromatic rings. The third-order valence-corrected chi connectivity index (χ3v) is 5.09. The molecule has 134 valence electrons. The van der Waals surface area contributed by atoms with Crippen LogP contribution >= 0.6 is 22.7 Å². The molecule has 0 amide bonds. The van der Waals surface area contributed by atoms with Crippen molar-refractivity contribution in [2.45, 2.75) is 6.61 Å². The molecule has 26 heavy (non-hydrogen) atoms. The molecule has 2 heterocycles. The molecule has 0 saturated carbocycles. The van der Waals surface area contributed by atoms with Crippen molar-refractivity contribution < 1.29 is 19.0 Å². The summed E-state index contributed by atoms with van der Waals surface area (Å²) in [7, 11) is 3.16. The van der Waals surface area contributed by atoms with E-state index >= 15 is 0 Å². The Morgan fingerprint density at radius 3 is 2.58 bits per heavy atom. The normalized spacial score (nSPS) is 10.8. The summed E-state index contributed by atoms with van der Waals surface area (Å²) in [6.45, 7) is 0.144. The molecule has 0 aliphatic carbocycles. The van der Waals surface area contributed by atoms with E-state index in [1.54, 1.807) is 49.8 Å². The highest BCUT2D eigenvalue weighted by Crippen LogP contribution is 2.26. The predicted octanol–water partition coefficient (Wildman–Crippen LogP) is 4.65. The quantitative estimate of drug-likeness (QED) is 0.436. The first kappa shape index (κ1) is 18.2. The summed E-state index contributed by atoms with van der Waals surface area (Å²) in [4.78, 5) is 16.4. The molecule has 0 fully saturated rings. The Balaban J connectivity index is 1.58. The van der Waals surface area contributed by atoms with Crippen LogP contribution < -0.4 is 9.47 Å². The maximum Gasteiger partial charge on any atom is 0.331 e. The minimum absolute atomic E-state index is 0.144. The topological polar surface area (TPSA) is 57.7 Å². The molecule has 0 spiro atoms. The summed E-state index contributed by atoms with van der Waals surface area (Å²) in [5, 5.41) is 6.88. The van der Waals surface area contributed by atoms with Gasteiger partial charge < -0.3 is 14.2 Å². The fourth-order valence-corrected chi connectivity index (χ4v) is 3.69. The first-order valence-corrected chi connectivity index (χ1v) is 9.55. The smallest absolute Gasteiger partial charge is 0.331 e. The molecule has 1 aromatic carbocycles. The first-order chi connectivity index (χ1) is 12.7. The number of thiophene rings is 1. The van der Waals surface area contributed by atoms with Crippen LogP contribution in [0.25, 0.3) is 16.6 Å². The van der Waals surface area contributed by atoms with Crippen molar-refractivity contribution in [2.24, 2.45) is 0 Å². The van der Waals surface area contributed by atoms with Gasteiger partial charge in [0.05, 0.1) is 19.9 Å². The third-order valence-electron chi connectivity index (χ3n) is 3.47. The van der Waals surface area contributed by atoms with Gasteiger partial charge in [0, 0.05) is 28.5 Å². The van der Waals surface area contributed by atoms with Crippen molar-refractivity contribution in [3.05, 3.63) is 57.7 Å². The Bertz CT molecular complexity index is 878. The van der Waals surface area contributed by atoms with Crippen LogP contribution in [0.5, 0.6) is 11.5 Å². The minimum Gasteiger partial charge on any atom is -0.497 e. The summed E-state index contributed by atoms with van der Waals surface area (Å²) in [6.07, 6.45) is 3.03. The summed E-state index contributed by atoms with van der Waals surface area (Å²) >= 11 is 3.16. The lowest BCUT2D eigenvalue weighted by atomic mass is 10.2.